The Balaban J connectivity index is 1.56. The molecule has 0 unspecified atom stereocenters. The summed E-state index contributed by atoms with van der Waals surface area (Å²) >= 11 is 0. The molecule has 3 aromatic rings. The molecular weight excluding hydrogens is 502 g/mol. The van der Waals surface area contributed by atoms with Crippen molar-refractivity contribution in [2.24, 2.45) is 11.7 Å². The van der Waals surface area contributed by atoms with Crippen molar-refractivity contribution in [2.75, 3.05) is 25.6 Å². The molecule has 2 heterocycles. The van der Waals surface area contributed by atoms with Gasteiger partial charge in [-0.3, -0.25) is 14.7 Å². The summed E-state index contributed by atoms with van der Waals surface area (Å²) in [6.07, 6.45) is 3.34. The number of ether oxygens (including phenoxy) is 2. The predicted molar refractivity (Wildman–Crippen MR) is 144 cm³/mol. The number of methoxy groups -OCH3 is 1. The molecule has 2 atom stereocenters. The second-order valence-corrected chi connectivity index (χ2v) is 9.02. The fourth-order valence-electron chi connectivity index (χ4n) is 3.46. The molecule has 6 N–H and O–H groups in total. The quantitative estimate of drug-likeness (QED) is 0.202. The van der Waals surface area contributed by atoms with E-state index in [0.717, 1.165) is 0 Å². The molecule has 0 bridgehead atoms. The lowest BCUT2D eigenvalue weighted by Crippen LogP contribution is -2.51. The van der Waals surface area contributed by atoms with E-state index >= 15 is 0 Å². The van der Waals surface area contributed by atoms with Crippen molar-refractivity contribution in [3.05, 3.63) is 42.4 Å². The first-order chi connectivity index (χ1) is 18.7. The maximum atomic E-state index is 12.3. The Bertz CT molecular complexity index is 1300. The lowest BCUT2D eigenvalue weighted by atomic mass is 10.0. The molecule has 0 aliphatic carbocycles. The number of carbonyl (C=O) groups is 2. The molecule has 0 aliphatic rings. The first kappa shape index (κ1) is 28.9. The molecule has 0 spiro atoms. The summed E-state index contributed by atoms with van der Waals surface area (Å²) in [5.41, 5.74) is 7.36. The molecule has 0 fully saturated rings. The van der Waals surface area contributed by atoms with Crippen LogP contribution in [0.4, 0.5) is 11.6 Å². The van der Waals surface area contributed by atoms with Crippen LogP contribution in [0.15, 0.2) is 36.7 Å². The third-order valence-electron chi connectivity index (χ3n) is 5.73. The molecule has 3 rings (SSSR count). The Morgan fingerprint density at radius 2 is 1.90 bits per heavy atom. The van der Waals surface area contributed by atoms with Crippen molar-refractivity contribution in [3.63, 3.8) is 0 Å². The highest BCUT2D eigenvalue weighted by Gasteiger charge is 2.22. The van der Waals surface area contributed by atoms with Gasteiger partial charge in [-0.25, -0.2) is 9.97 Å². The smallest absolute Gasteiger partial charge is 0.242 e. The number of hydrogen-bond donors (Lipinski definition) is 5. The molecule has 1 aromatic carbocycles. The van der Waals surface area contributed by atoms with Gasteiger partial charge in [0.1, 0.15) is 29.4 Å². The van der Waals surface area contributed by atoms with Crippen LogP contribution in [0.5, 0.6) is 11.5 Å². The molecule has 0 radical (unpaired) electrons. The van der Waals surface area contributed by atoms with Crippen molar-refractivity contribution >= 4 is 23.5 Å². The number of carbonyl (C=O) groups excluding carboxylic acids is 2. The van der Waals surface area contributed by atoms with Gasteiger partial charge in [0.05, 0.1) is 43.4 Å². The van der Waals surface area contributed by atoms with Gasteiger partial charge in [0, 0.05) is 12.6 Å². The number of nitrogens with one attached hydrogen (secondary N) is 4. The lowest BCUT2D eigenvalue weighted by molar-refractivity contribution is -0.129. The number of amides is 2. The van der Waals surface area contributed by atoms with Crippen molar-refractivity contribution in [2.45, 2.75) is 39.3 Å². The van der Waals surface area contributed by atoms with Crippen LogP contribution in [0.2, 0.25) is 0 Å². The average Bonchev–Trinajstić information content (AvgIpc) is 3.40. The summed E-state index contributed by atoms with van der Waals surface area (Å²) in [4.78, 5) is 32.5. The second kappa shape index (κ2) is 13.7. The number of anilines is 2. The zero-order valence-corrected chi connectivity index (χ0v) is 22.3. The normalized spacial score (nSPS) is 12.2. The lowest BCUT2D eigenvalue weighted by Gasteiger charge is -2.19. The topological polar surface area (TPSA) is 193 Å². The second-order valence-electron chi connectivity index (χ2n) is 9.02. The van der Waals surface area contributed by atoms with Crippen molar-refractivity contribution in [3.8, 4) is 28.8 Å². The Kier molecular flexibility index (Phi) is 10.2. The van der Waals surface area contributed by atoms with Crippen molar-refractivity contribution in [1.29, 1.82) is 5.26 Å². The number of nitriles is 1. The number of nitrogens with two attached hydrogens (primary N) is 1. The van der Waals surface area contributed by atoms with Gasteiger partial charge in [0.15, 0.2) is 11.5 Å². The summed E-state index contributed by atoms with van der Waals surface area (Å²) < 4.78 is 11.6. The number of nitrogens with zero attached hydrogens (tertiary/aromatic N) is 4. The highest BCUT2D eigenvalue weighted by atomic mass is 16.5. The number of hydrogen-bond acceptors (Lipinski definition) is 10. The van der Waals surface area contributed by atoms with Gasteiger partial charge in [-0.15, -0.1) is 0 Å². The largest absolute Gasteiger partial charge is 0.496 e. The summed E-state index contributed by atoms with van der Waals surface area (Å²) in [6.45, 7) is 5.98. The van der Waals surface area contributed by atoms with Gasteiger partial charge in [0.2, 0.25) is 11.8 Å². The summed E-state index contributed by atoms with van der Waals surface area (Å²) in [7, 11) is 1.56. The number of benzene rings is 1. The van der Waals surface area contributed by atoms with Gasteiger partial charge < -0.3 is 31.2 Å². The number of rotatable bonds is 13. The van der Waals surface area contributed by atoms with Crippen LogP contribution in [-0.4, -0.2) is 64.3 Å². The van der Waals surface area contributed by atoms with Crippen LogP contribution in [0, 0.1) is 17.2 Å². The zero-order chi connectivity index (χ0) is 28.4. The fraction of sp³-hybridized carbons (Fsp3) is 0.385. The molecule has 13 heteroatoms. The minimum absolute atomic E-state index is 0.0274. The number of H-pyrrole nitrogens is 1. The SMILES string of the molecule is COc1cccc(OCCCNC(=O)[C@H](C)NC(=O)[C@@H](N)C(C)C)c1-c1cc(Nc2cnc(C#N)cn2)n[nH]1. The highest BCUT2D eigenvalue weighted by Crippen LogP contribution is 2.38. The number of aromatic nitrogens is 4. The predicted octanol–water partition coefficient (Wildman–Crippen LogP) is 1.86. The molecule has 0 saturated heterocycles. The van der Waals surface area contributed by atoms with E-state index in [4.69, 9.17) is 20.5 Å². The van der Waals surface area contributed by atoms with E-state index < -0.39 is 12.1 Å². The standard InChI is InChI=1S/C26H33N9O4/c1-15(2)24(28)26(37)32-16(3)25(36)29-9-6-10-39-20-8-5-7-19(38-4)23(20)18-11-21(35-34-18)33-22-14-30-17(12-27)13-31-22/h5,7-8,11,13-16,24H,6,9-10,28H2,1-4H3,(H,29,36)(H,32,37)(H2,31,33,34,35)/t16-,24-/m0/s1. The number of aromatic amines is 1. The Hall–Kier alpha value is -4.70. The minimum atomic E-state index is -0.702. The zero-order valence-electron chi connectivity index (χ0n) is 22.3. The maximum Gasteiger partial charge on any atom is 0.242 e. The van der Waals surface area contributed by atoms with Gasteiger partial charge in [-0.05, 0) is 31.4 Å². The third kappa shape index (κ3) is 7.89. The summed E-state index contributed by atoms with van der Waals surface area (Å²) in [6, 6.07) is 7.75. The average molecular weight is 536 g/mol. The van der Waals surface area contributed by atoms with E-state index in [1.165, 1.54) is 12.4 Å². The van der Waals surface area contributed by atoms with Crippen molar-refractivity contribution in [1.82, 2.24) is 30.8 Å². The molecule has 0 saturated carbocycles. The van der Waals surface area contributed by atoms with Gasteiger partial charge in [-0.2, -0.15) is 10.4 Å². The van der Waals surface area contributed by atoms with Crippen LogP contribution in [-0.2, 0) is 9.59 Å². The fourth-order valence-corrected chi connectivity index (χ4v) is 3.46. The Labute approximate surface area is 226 Å². The Morgan fingerprint density at radius 1 is 1.13 bits per heavy atom. The summed E-state index contributed by atoms with van der Waals surface area (Å²) in [5.74, 6) is 1.38. The monoisotopic (exact) mass is 535 g/mol. The minimum Gasteiger partial charge on any atom is -0.496 e. The van der Waals surface area contributed by atoms with Gasteiger partial charge in [-0.1, -0.05) is 19.9 Å². The van der Waals surface area contributed by atoms with Crippen LogP contribution < -0.4 is 31.2 Å². The van der Waals surface area contributed by atoms with E-state index in [-0.39, 0.29) is 23.4 Å². The molecule has 39 heavy (non-hydrogen) atoms. The first-order valence-corrected chi connectivity index (χ1v) is 12.4. The molecule has 206 valence electrons. The van der Waals surface area contributed by atoms with E-state index in [0.29, 0.717) is 54.0 Å². The van der Waals surface area contributed by atoms with Crippen LogP contribution >= 0.6 is 0 Å². The molecule has 2 amide bonds. The van der Waals surface area contributed by atoms with E-state index in [9.17, 15) is 9.59 Å². The Morgan fingerprint density at radius 3 is 2.56 bits per heavy atom. The van der Waals surface area contributed by atoms with Crippen LogP contribution in [0.1, 0.15) is 32.9 Å². The third-order valence-corrected chi connectivity index (χ3v) is 5.73. The molecule has 13 nitrogen and oxygen atoms in total. The van der Waals surface area contributed by atoms with E-state index in [1.54, 1.807) is 20.1 Å². The van der Waals surface area contributed by atoms with Gasteiger partial charge >= 0.3 is 0 Å². The van der Waals surface area contributed by atoms with E-state index in [2.05, 4.69) is 36.1 Å². The molecular formula is C26H33N9O4. The van der Waals surface area contributed by atoms with E-state index in [1.807, 2.05) is 38.1 Å². The van der Waals surface area contributed by atoms with Gasteiger partial charge in [0.25, 0.3) is 0 Å². The van der Waals surface area contributed by atoms with Crippen LogP contribution in [0.3, 0.4) is 0 Å². The summed E-state index contributed by atoms with van der Waals surface area (Å²) in [5, 5.41) is 24.6. The molecule has 2 aromatic heterocycles. The highest BCUT2D eigenvalue weighted by molar-refractivity contribution is 5.89. The van der Waals surface area contributed by atoms with Crippen LogP contribution in [0.25, 0.3) is 11.3 Å². The first-order valence-electron chi connectivity index (χ1n) is 12.4. The van der Waals surface area contributed by atoms with Crippen molar-refractivity contribution < 1.29 is 19.1 Å². The molecule has 0 aliphatic heterocycles. The maximum absolute atomic E-state index is 12.3.